The molecule has 3 unspecified atom stereocenters. The molecule has 1 aromatic heterocycles. The van der Waals surface area contributed by atoms with E-state index in [1.165, 1.54) is 12.8 Å². The first-order valence-electron chi connectivity index (χ1n) is 8.30. The van der Waals surface area contributed by atoms with E-state index in [2.05, 4.69) is 36.2 Å². The predicted molar refractivity (Wildman–Crippen MR) is 82.1 cm³/mol. The van der Waals surface area contributed by atoms with Gasteiger partial charge in [0.05, 0.1) is 0 Å². The van der Waals surface area contributed by atoms with Crippen LogP contribution in [0.4, 0.5) is 0 Å². The van der Waals surface area contributed by atoms with Crippen molar-refractivity contribution < 1.29 is 9.26 Å². The van der Waals surface area contributed by atoms with Gasteiger partial charge in [0.25, 0.3) is 0 Å². The van der Waals surface area contributed by atoms with Crippen LogP contribution in [-0.2, 0) is 16.8 Å². The van der Waals surface area contributed by atoms with Gasteiger partial charge < -0.3 is 14.6 Å². The van der Waals surface area contributed by atoms with Crippen LogP contribution < -0.4 is 5.32 Å². The summed E-state index contributed by atoms with van der Waals surface area (Å²) in [7, 11) is 0. The quantitative estimate of drug-likeness (QED) is 0.837. The molecule has 2 rings (SSSR count). The number of rotatable bonds is 7. The lowest BCUT2D eigenvalue weighted by Gasteiger charge is -2.37. The topological polar surface area (TPSA) is 60.2 Å². The lowest BCUT2D eigenvalue weighted by atomic mass is 9.78. The summed E-state index contributed by atoms with van der Waals surface area (Å²) in [6.45, 7) is 10.2. The van der Waals surface area contributed by atoms with E-state index in [1.807, 2.05) is 6.92 Å². The molecule has 21 heavy (non-hydrogen) atoms. The summed E-state index contributed by atoms with van der Waals surface area (Å²) in [6, 6.07) is 0.344. The van der Waals surface area contributed by atoms with Gasteiger partial charge in [0.2, 0.25) is 11.7 Å². The molecule has 0 aromatic carbocycles. The number of nitrogens with zero attached hydrogens (tertiary/aromatic N) is 2. The molecular weight excluding hydrogens is 266 g/mol. The molecule has 0 amide bonds. The van der Waals surface area contributed by atoms with E-state index in [0.29, 0.717) is 24.5 Å². The lowest BCUT2D eigenvalue weighted by molar-refractivity contribution is -0.0891. The monoisotopic (exact) mass is 295 g/mol. The molecule has 0 bridgehead atoms. The Hall–Kier alpha value is -0.940. The van der Waals surface area contributed by atoms with Crippen molar-refractivity contribution in [3.8, 4) is 0 Å². The van der Waals surface area contributed by atoms with Crippen molar-refractivity contribution in [1.82, 2.24) is 15.5 Å². The van der Waals surface area contributed by atoms with Gasteiger partial charge in [-0.15, -0.1) is 0 Å². The van der Waals surface area contributed by atoms with Gasteiger partial charge in [0.15, 0.2) is 0 Å². The number of hydrogen-bond acceptors (Lipinski definition) is 5. The van der Waals surface area contributed by atoms with E-state index < -0.39 is 0 Å². The maximum atomic E-state index is 6.09. The molecule has 0 radical (unpaired) electrons. The summed E-state index contributed by atoms with van der Waals surface area (Å²) in [5, 5.41) is 7.60. The maximum Gasteiger partial charge on any atom is 0.228 e. The molecule has 120 valence electrons. The van der Waals surface area contributed by atoms with Gasteiger partial charge in [-0.1, -0.05) is 25.4 Å². The SMILES string of the molecule is CCNC(C)Cc1nc(C2(OCC)CCCC(C)C2)no1. The average Bonchev–Trinajstić information content (AvgIpc) is 2.88. The van der Waals surface area contributed by atoms with E-state index in [4.69, 9.17) is 9.26 Å². The van der Waals surface area contributed by atoms with E-state index in [0.717, 1.165) is 31.6 Å². The standard InChI is InChI=1S/C16H29N3O2/c1-5-17-13(4)10-14-18-15(19-21-14)16(20-6-2)9-7-8-12(3)11-16/h12-13,17H,5-11H2,1-4H3. The zero-order valence-electron chi connectivity index (χ0n) is 13.8. The van der Waals surface area contributed by atoms with Crippen molar-refractivity contribution in [3.05, 3.63) is 11.7 Å². The fraction of sp³-hybridized carbons (Fsp3) is 0.875. The molecule has 0 spiro atoms. The summed E-state index contributed by atoms with van der Waals surface area (Å²) in [5.41, 5.74) is -0.338. The zero-order valence-corrected chi connectivity index (χ0v) is 13.8. The molecule has 3 atom stereocenters. The fourth-order valence-electron chi connectivity index (χ4n) is 3.38. The molecule has 1 heterocycles. The molecule has 1 aromatic rings. The zero-order chi connectivity index (χ0) is 15.3. The van der Waals surface area contributed by atoms with Crippen molar-refractivity contribution in [2.75, 3.05) is 13.2 Å². The van der Waals surface area contributed by atoms with Gasteiger partial charge in [-0.3, -0.25) is 0 Å². The second-order valence-corrected chi connectivity index (χ2v) is 6.30. The number of nitrogens with one attached hydrogen (secondary N) is 1. The van der Waals surface area contributed by atoms with E-state index in [9.17, 15) is 0 Å². The third-order valence-electron chi connectivity index (χ3n) is 4.29. The summed E-state index contributed by atoms with van der Waals surface area (Å²) < 4.78 is 11.6. The maximum absolute atomic E-state index is 6.09. The summed E-state index contributed by atoms with van der Waals surface area (Å²) in [4.78, 5) is 4.64. The Morgan fingerprint density at radius 1 is 1.48 bits per heavy atom. The summed E-state index contributed by atoms with van der Waals surface area (Å²) >= 11 is 0. The molecule has 1 saturated carbocycles. The van der Waals surface area contributed by atoms with Gasteiger partial charge in [-0.05, 0) is 45.6 Å². The minimum Gasteiger partial charge on any atom is -0.367 e. The van der Waals surface area contributed by atoms with Gasteiger partial charge in [0.1, 0.15) is 5.60 Å². The first-order chi connectivity index (χ1) is 10.1. The third-order valence-corrected chi connectivity index (χ3v) is 4.29. The Bertz CT molecular complexity index is 431. The highest BCUT2D eigenvalue weighted by molar-refractivity contribution is 5.04. The smallest absolute Gasteiger partial charge is 0.228 e. The van der Waals surface area contributed by atoms with E-state index in [-0.39, 0.29) is 5.60 Å². The minimum atomic E-state index is -0.338. The molecule has 1 fully saturated rings. The highest BCUT2D eigenvalue weighted by atomic mass is 16.5. The Kier molecular flexibility index (Phi) is 5.76. The van der Waals surface area contributed by atoms with Crippen LogP contribution in [0.25, 0.3) is 0 Å². The lowest BCUT2D eigenvalue weighted by Crippen LogP contribution is -2.36. The summed E-state index contributed by atoms with van der Waals surface area (Å²) in [6.07, 6.45) is 5.17. The Labute approximate surface area is 127 Å². The first kappa shape index (κ1) is 16.4. The predicted octanol–water partition coefficient (Wildman–Crippen LogP) is 3.05. The van der Waals surface area contributed by atoms with Crippen LogP contribution in [-0.4, -0.2) is 29.3 Å². The van der Waals surface area contributed by atoms with E-state index in [1.54, 1.807) is 0 Å². The number of ether oxygens (including phenoxy) is 1. The molecule has 5 nitrogen and oxygen atoms in total. The van der Waals surface area contributed by atoms with Crippen molar-refractivity contribution >= 4 is 0 Å². The third kappa shape index (κ3) is 4.04. The van der Waals surface area contributed by atoms with Gasteiger partial charge in [-0.25, -0.2) is 0 Å². The molecule has 1 aliphatic carbocycles. The van der Waals surface area contributed by atoms with Gasteiger partial charge in [0, 0.05) is 19.1 Å². The molecule has 0 aliphatic heterocycles. The second kappa shape index (κ2) is 7.36. The van der Waals surface area contributed by atoms with Crippen molar-refractivity contribution in [1.29, 1.82) is 0 Å². The van der Waals surface area contributed by atoms with Crippen LogP contribution in [0.3, 0.4) is 0 Å². The second-order valence-electron chi connectivity index (χ2n) is 6.30. The minimum absolute atomic E-state index is 0.338. The fourth-order valence-corrected chi connectivity index (χ4v) is 3.38. The Morgan fingerprint density at radius 3 is 2.95 bits per heavy atom. The highest BCUT2D eigenvalue weighted by Crippen LogP contribution is 2.41. The molecule has 5 heteroatoms. The van der Waals surface area contributed by atoms with Crippen LogP contribution in [0.1, 0.15) is 65.1 Å². The molecule has 0 saturated heterocycles. The van der Waals surface area contributed by atoms with Crippen LogP contribution in [0, 0.1) is 5.92 Å². The largest absolute Gasteiger partial charge is 0.367 e. The molecular formula is C16H29N3O2. The summed E-state index contributed by atoms with van der Waals surface area (Å²) in [5.74, 6) is 2.10. The average molecular weight is 295 g/mol. The Balaban J connectivity index is 2.12. The van der Waals surface area contributed by atoms with Crippen LogP contribution in [0.15, 0.2) is 4.52 Å². The van der Waals surface area contributed by atoms with Crippen molar-refractivity contribution in [2.24, 2.45) is 5.92 Å². The van der Waals surface area contributed by atoms with Crippen molar-refractivity contribution in [2.45, 2.75) is 71.4 Å². The van der Waals surface area contributed by atoms with Gasteiger partial charge >= 0.3 is 0 Å². The first-order valence-corrected chi connectivity index (χ1v) is 8.30. The Morgan fingerprint density at radius 2 is 2.29 bits per heavy atom. The number of likely N-dealkylation sites (N-methyl/N-ethyl adjacent to an activating group) is 1. The van der Waals surface area contributed by atoms with Crippen LogP contribution >= 0.6 is 0 Å². The van der Waals surface area contributed by atoms with Crippen molar-refractivity contribution in [3.63, 3.8) is 0 Å². The van der Waals surface area contributed by atoms with Crippen LogP contribution in [0.2, 0.25) is 0 Å². The number of hydrogen-bond donors (Lipinski definition) is 1. The molecule has 1 aliphatic rings. The van der Waals surface area contributed by atoms with Crippen LogP contribution in [0.5, 0.6) is 0 Å². The van der Waals surface area contributed by atoms with E-state index >= 15 is 0 Å². The number of aromatic nitrogens is 2. The van der Waals surface area contributed by atoms with Gasteiger partial charge in [-0.2, -0.15) is 4.98 Å². The molecule has 1 N–H and O–H groups in total. The highest BCUT2D eigenvalue weighted by Gasteiger charge is 2.41. The normalized spacial score (nSPS) is 27.7.